The van der Waals surface area contributed by atoms with Gasteiger partial charge in [0.15, 0.2) is 9.84 Å². The van der Waals surface area contributed by atoms with E-state index < -0.39 is 15.4 Å². The van der Waals surface area contributed by atoms with E-state index in [2.05, 4.69) is 28.8 Å². The Bertz CT molecular complexity index is 994. The van der Waals surface area contributed by atoms with Crippen molar-refractivity contribution >= 4 is 21.6 Å². The normalized spacial score (nSPS) is 19.9. The second-order valence-corrected chi connectivity index (χ2v) is 9.81. The molecule has 1 atom stereocenters. The first kappa shape index (κ1) is 19.2. The lowest BCUT2D eigenvalue weighted by molar-refractivity contribution is -0.00584. The lowest BCUT2D eigenvalue weighted by Gasteiger charge is -2.42. The van der Waals surface area contributed by atoms with Gasteiger partial charge in [0.2, 0.25) is 0 Å². The topological polar surface area (TPSA) is 78.4 Å². The van der Waals surface area contributed by atoms with Crippen LogP contribution in [0.1, 0.15) is 29.9 Å². The van der Waals surface area contributed by atoms with Crippen LogP contribution in [0.4, 0.5) is 5.69 Å². The van der Waals surface area contributed by atoms with Gasteiger partial charge in [-0.1, -0.05) is 36.4 Å². The van der Waals surface area contributed by atoms with E-state index >= 15 is 0 Å². The van der Waals surface area contributed by atoms with Crippen molar-refractivity contribution in [2.45, 2.75) is 29.3 Å². The molecule has 0 bridgehead atoms. The van der Waals surface area contributed by atoms with Crippen molar-refractivity contribution < 1.29 is 13.5 Å². The molecule has 2 aliphatic rings. The van der Waals surface area contributed by atoms with Gasteiger partial charge < -0.3 is 15.7 Å². The maximum Gasteiger partial charge on any atom is 0.175 e. The summed E-state index contributed by atoms with van der Waals surface area (Å²) in [6.45, 7) is 2.20. The van der Waals surface area contributed by atoms with E-state index in [-0.39, 0.29) is 5.92 Å². The highest BCUT2D eigenvalue weighted by molar-refractivity contribution is 7.90. The molecule has 1 saturated heterocycles. The lowest BCUT2D eigenvalue weighted by Crippen LogP contribution is -2.47. The Balaban J connectivity index is 1.80. The van der Waals surface area contributed by atoms with Crippen molar-refractivity contribution in [1.29, 1.82) is 0 Å². The Labute approximate surface area is 166 Å². The standard InChI is InChI=1S/C22H26N2O3S/c1-28(26,27)19-7-8-20-17(14-19)13-18(15-24-20)21(16-5-3-2-4-6-16)22(25)9-11-23-12-10-22/h2-8,13-14,21,23-25H,9-12,15H2,1H3. The fraction of sp³-hybridized carbons (Fsp3) is 0.364. The van der Waals surface area contributed by atoms with Crippen molar-refractivity contribution in [1.82, 2.24) is 5.32 Å². The third kappa shape index (κ3) is 3.72. The number of sulfone groups is 1. The van der Waals surface area contributed by atoms with Crippen LogP contribution in [0.5, 0.6) is 0 Å². The molecule has 3 N–H and O–H groups in total. The van der Waals surface area contributed by atoms with Crippen LogP contribution in [0.3, 0.4) is 0 Å². The summed E-state index contributed by atoms with van der Waals surface area (Å²) >= 11 is 0. The van der Waals surface area contributed by atoms with Gasteiger partial charge in [-0.05, 0) is 60.8 Å². The molecule has 28 heavy (non-hydrogen) atoms. The summed E-state index contributed by atoms with van der Waals surface area (Å²) in [5.74, 6) is -0.140. The summed E-state index contributed by atoms with van der Waals surface area (Å²) in [5.41, 5.74) is 3.10. The van der Waals surface area contributed by atoms with E-state index in [9.17, 15) is 13.5 Å². The fourth-order valence-corrected chi connectivity index (χ4v) is 5.00. The largest absolute Gasteiger partial charge is 0.389 e. The second kappa shape index (κ2) is 7.35. The Hall–Kier alpha value is -2.15. The number of piperidine rings is 1. The second-order valence-electron chi connectivity index (χ2n) is 7.79. The van der Waals surface area contributed by atoms with E-state index in [1.807, 2.05) is 24.3 Å². The van der Waals surface area contributed by atoms with E-state index in [4.69, 9.17) is 0 Å². The Morgan fingerprint density at radius 1 is 1.07 bits per heavy atom. The molecule has 0 spiro atoms. The minimum Gasteiger partial charge on any atom is -0.389 e. The molecule has 2 aromatic carbocycles. The molecule has 2 heterocycles. The predicted molar refractivity (Wildman–Crippen MR) is 112 cm³/mol. The van der Waals surface area contributed by atoms with Crippen molar-refractivity contribution in [2.75, 3.05) is 31.2 Å². The fourth-order valence-electron chi connectivity index (χ4n) is 4.35. The predicted octanol–water partition coefficient (Wildman–Crippen LogP) is 2.80. The first-order valence-corrected chi connectivity index (χ1v) is 11.5. The minimum atomic E-state index is -3.27. The summed E-state index contributed by atoms with van der Waals surface area (Å²) < 4.78 is 23.9. The Morgan fingerprint density at radius 3 is 2.46 bits per heavy atom. The molecule has 0 saturated carbocycles. The number of fused-ring (bicyclic) bond motifs is 1. The van der Waals surface area contributed by atoms with Crippen molar-refractivity contribution in [2.24, 2.45) is 0 Å². The molecule has 2 aromatic rings. The average molecular weight is 399 g/mol. The third-order valence-corrected chi connectivity index (χ3v) is 6.90. The van der Waals surface area contributed by atoms with E-state index in [0.717, 1.165) is 35.5 Å². The van der Waals surface area contributed by atoms with Gasteiger partial charge in [-0.25, -0.2) is 8.42 Å². The smallest absolute Gasteiger partial charge is 0.175 e. The van der Waals surface area contributed by atoms with Gasteiger partial charge in [-0.15, -0.1) is 0 Å². The van der Waals surface area contributed by atoms with Crippen molar-refractivity contribution in [3.8, 4) is 0 Å². The van der Waals surface area contributed by atoms with E-state index in [0.29, 0.717) is 24.3 Å². The Morgan fingerprint density at radius 2 is 1.79 bits per heavy atom. The number of hydrogen-bond donors (Lipinski definition) is 3. The van der Waals surface area contributed by atoms with Crippen LogP contribution in [0, 0.1) is 0 Å². The van der Waals surface area contributed by atoms with Gasteiger partial charge in [0.05, 0.1) is 10.5 Å². The van der Waals surface area contributed by atoms with Crippen LogP contribution in [-0.2, 0) is 9.84 Å². The van der Waals surface area contributed by atoms with Crippen LogP contribution in [-0.4, -0.2) is 45.0 Å². The van der Waals surface area contributed by atoms with Crippen molar-refractivity contribution in [3.05, 3.63) is 65.2 Å². The molecule has 2 aliphatic heterocycles. The molecule has 0 radical (unpaired) electrons. The van der Waals surface area contributed by atoms with Crippen LogP contribution < -0.4 is 10.6 Å². The van der Waals surface area contributed by atoms with Gasteiger partial charge in [-0.3, -0.25) is 0 Å². The molecule has 148 valence electrons. The number of rotatable bonds is 4. The van der Waals surface area contributed by atoms with Crippen LogP contribution in [0.2, 0.25) is 0 Å². The average Bonchev–Trinajstić information content (AvgIpc) is 2.68. The molecule has 0 aliphatic carbocycles. The quantitative estimate of drug-likeness (QED) is 0.738. The first-order chi connectivity index (χ1) is 13.4. The number of anilines is 1. The number of benzene rings is 2. The van der Waals surface area contributed by atoms with Gasteiger partial charge >= 0.3 is 0 Å². The summed E-state index contributed by atoms with van der Waals surface area (Å²) in [6, 6.07) is 15.3. The van der Waals surface area contributed by atoms with Gasteiger partial charge in [0.1, 0.15) is 0 Å². The van der Waals surface area contributed by atoms with Crippen LogP contribution in [0.15, 0.2) is 59.0 Å². The molecule has 5 nitrogen and oxygen atoms in total. The van der Waals surface area contributed by atoms with Gasteiger partial charge in [-0.2, -0.15) is 0 Å². The highest BCUT2D eigenvalue weighted by atomic mass is 32.2. The zero-order chi connectivity index (χ0) is 19.8. The summed E-state index contributed by atoms with van der Waals surface area (Å²) in [7, 11) is -3.27. The van der Waals surface area contributed by atoms with E-state index in [1.54, 1.807) is 12.1 Å². The molecule has 0 amide bonds. The summed E-state index contributed by atoms with van der Waals surface area (Å²) in [4.78, 5) is 0.308. The number of hydrogen-bond acceptors (Lipinski definition) is 5. The molecular formula is C22H26N2O3S. The molecule has 6 heteroatoms. The third-order valence-electron chi connectivity index (χ3n) is 5.79. The van der Waals surface area contributed by atoms with Gasteiger partial charge in [0, 0.05) is 24.4 Å². The number of aliphatic hydroxyl groups is 1. The van der Waals surface area contributed by atoms with Crippen molar-refractivity contribution in [3.63, 3.8) is 0 Å². The van der Waals surface area contributed by atoms with Gasteiger partial charge in [0.25, 0.3) is 0 Å². The Kier molecular flexibility index (Phi) is 5.04. The van der Waals surface area contributed by atoms with E-state index in [1.165, 1.54) is 6.26 Å². The molecule has 1 unspecified atom stereocenters. The van der Waals surface area contributed by atoms with Crippen LogP contribution >= 0.6 is 0 Å². The highest BCUT2D eigenvalue weighted by Gasteiger charge is 2.41. The summed E-state index contributed by atoms with van der Waals surface area (Å²) in [5, 5.41) is 18.3. The number of nitrogens with one attached hydrogen (secondary N) is 2. The first-order valence-electron chi connectivity index (χ1n) is 9.63. The maximum absolute atomic E-state index is 12.0. The highest BCUT2D eigenvalue weighted by Crippen LogP contribution is 2.43. The minimum absolute atomic E-state index is 0.140. The summed E-state index contributed by atoms with van der Waals surface area (Å²) in [6.07, 6.45) is 4.64. The molecule has 0 aromatic heterocycles. The zero-order valence-electron chi connectivity index (χ0n) is 16.0. The lowest BCUT2D eigenvalue weighted by atomic mass is 9.71. The molecular weight excluding hydrogens is 372 g/mol. The monoisotopic (exact) mass is 398 g/mol. The molecule has 4 rings (SSSR count). The van der Waals surface area contributed by atoms with Crippen LogP contribution in [0.25, 0.3) is 6.08 Å². The zero-order valence-corrected chi connectivity index (χ0v) is 16.8. The molecule has 1 fully saturated rings. The maximum atomic E-state index is 12.0. The SMILES string of the molecule is CS(=O)(=O)c1ccc2c(c1)C=C(C(c1ccccc1)C1(O)CCNCC1)CN2.